The van der Waals surface area contributed by atoms with E-state index in [4.69, 9.17) is 0 Å². The molecule has 2 rings (SSSR count). The minimum atomic E-state index is 0.334. The minimum absolute atomic E-state index is 0.334. The summed E-state index contributed by atoms with van der Waals surface area (Å²) < 4.78 is 0. The minimum Gasteiger partial charge on any atom is -0.0811 e. The van der Waals surface area contributed by atoms with Crippen LogP contribution in [0.1, 0.15) is 54.9 Å². The van der Waals surface area contributed by atoms with Crippen molar-refractivity contribution in [3.63, 3.8) is 0 Å². The fraction of sp³-hybridized carbons (Fsp3) is 0.765. The van der Waals surface area contributed by atoms with E-state index in [0.29, 0.717) is 16.7 Å². The largest absolute Gasteiger partial charge is 0.0811 e. The van der Waals surface area contributed by atoms with Crippen molar-refractivity contribution in [3.05, 3.63) is 23.3 Å². The quantitative estimate of drug-likeness (QED) is 0.537. The van der Waals surface area contributed by atoms with Gasteiger partial charge in [0, 0.05) is 0 Å². The Kier molecular flexibility index (Phi) is 2.84. The normalized spacial score (nSPS) is 39.1. The summed E-state index contributed by atoms with van der Waals surface area (Å²) in [4.78, 5) is 0. The summed E-state index contributed by atoms with van der Waals surface area (Å²) in [5, 5.41) is 0. The molecule has 0 saturated carbocycles. The summed E-state index contributed by atoms with van der Waals surface area (Å²) in [5.41, 5.74) is 4.05. The molecule has 3 unspecified atom stereocenters. The van der Waals surface area contributed by atoms with Gasteiger partial charge in [-0.2, -0.15) is 0 Å². The molecule has 0 heterocycles. The smallest absolute Gasteiger partial charge is 0.00754 e. The van der Waals surface area contributed by atoms with Crippen molar-refractivity contribution in [1.29, 1.82) is 0 Å². The zero-order valence-corrected chi connectivity index (χ0v) is 12.6. The summed E-state index contributed by atoms with van der Waals surface area (Å²) in [6.07, 6.45) is 6.09. The fourth-order valence-electron chi connectivity index (χ4n) is 3.84. The first-order chi connectivity index (χ1) is 7.69. The summed E-state index contributed by atoms with van der Waals surface area (Å²) in [5.74, 6) is 2.22. The Morgan fingerprint density at radius 2 is 1.47 bits per heavy atom. The van der Waals surface area contributed by atoms with Crippen LogP contribution < -0.4 is 0 Å². The average molecular weight is 232 g/mol. The number of hydrogen-bond acceptors (Lipinski definition) is 0. The van der Waals surface area contributed by atoms with Crippen LogP contribution in [0.15, 0.2) is 23.3 Å². The molecule has 2 aliphatic rings. The lowest BCUT2D eigenvalue weighted by Crippen LogP contribution is -2.44. The Labute approximate surface area is 107 Å². The zero-order valence-electron chi connectivity index (χ0n) is 12.6. The van der Waals surface area contributed by atoms with E-state index in [0.717, 1.165) is 11.8 Å². The first-order valence-electron chi connectivity index (χ1n) is 7.11. The van der Waals surface area contributed by atoms with E-state index < -0.39 is 0 Å². The van der Waals surface area contributed by atoms with E-state index in [2.05, 4.69) is 60.6 Å². The van der Waals surface area contributed by atoms with Crippen molar-refractivity contribution in [2.75, 3.05) is 0 Å². The van der Waals surface area contributed by atoms with Gasteiger partial charge in [0.25, 0.3) is 0 Å². The summed E-state index contributed by atoms with van der Waals surface area (Å²) in [6.45, 7) is 17.0. The van der Waals surface area contributed by atoms with E-state index in [1.165, 1.54) is 6.42 Å². The van der Waals surface area contributed by atoms with Crippen molar-refractivity contribution in [2.24, 2.45) is 28.6 Å². The predicted molar refractivity (Wildman–Crippen MR) is 75.8 cm³/mol. The number of rotatable bonds is 0. The first kappa shape index (κ1) is 12.9. The lowest BCUT2D eigenvalue weighted by atomic mass is 9.51. The van der Waals surface area contributed by atoms with Gasteiger partial charge in [0.2, 0.25) is 0 Å². The van der Waals surface area contributed by atoms with Gasteiger partial charge in [0.05, 0.1) is 0 Å². The van der Waals surface area contributed by atoms with Crippen molar-refractivity contribution in [1.82, 2.24) is 0 Å². The molecule has 2 aliphatic carbocycles. The Morgan fingerprint density at radius 1 is 0.941 bits per heavy atom. The standard InChI is InChI=1S/C17H28/c1-11-8-9-14-15(10-11)17(6,7)13(3)12(2)16(14,4)5/h8-9,11-13H,10H2,1-7H3. The van der Waals surface area contributed by atoms with Gasteiger partial charge in [-0.3, -0.25) is 0 Å². The van der Waals surface area contributed by atoms with E-state index >= 15 is 0 Å². The highest BCUT2D eigenvalue weighted by Gasteiger charge is 2.48. The van der Waals surface area contributed by atoms with Gasteiger partial charge in [-0.1, -0.05) is 66.2 Å². The molecule has 0 saturated heterocycles. The summed E-state index contributed by atoms with van der Waals surface area (Å²) >= 11 is 0. The van der Waals surface area contributed by atoms with Crippen LogP contribution in [-0.2, 0) is 0 Å². The second-order valence-corrected chi connectivity index (χ2v) is 7.45. The van der Waals surface area contributed by atoms with E-state index in [-0.39, 0.29) is 0 Å². The van der Waals surface area contributed by atoms with E-state index in [1.54, 1.807) is 11.1 Å². The molecular formula is C17H28. The van der Waals surface area contributed by atoms with E-state index in [1.807, 2.05) is 0 Å². The lowest BCUT2D eigenvalue weighted by molar-refractivity contribution is 0.0895. The third-order valence-electron chi connectivity index (χ3n) is 5.94. The molecule has 0 radical (unpaired) electrons. The van der Waals surface area contributed by atoms with Gasteiger partial charge >= 0.3 is 0 Å². The molecule has 0 nitrogen and oxygen atoms in total. The summed E-state index contributed by atoms with van der Waals surface area (Å²) in [7, 11) is 0. The predicted octanol–water partition coefficient (Wildman–Crippen LogP) is 5.22. The molecular weight excluding hydrogens is 204 g/mol. The third-order valence-corrected chi connectivity index (χ3v) is 5.94. The Morgan fingerprint density at radius 3 is 2.06 bits per heavy atom. The van der Waals surface area contributed by atoms with Gasteiger partial charge in [0.15, 0.2) is 0 Å². The van der Waals surface area contributed by atoms with Crippen LogP contribution in [-0.4, -0.2) is 0 Å². The van der Waals surface area contributed by atoms with Gasteiger partial charge in [-0.25, -0.2) is 0 Å². The van der Waals surface area contributed by atoms with Gasteiger partial charge in [0.1, 0.15) is 0 Å². The molecule has 17 heavy (non-hydrogen) atoms. The topological polar surface area (TPSA) is 0 Å². The highest BCUT2D eigenvalue weighted by atomic mass is 14.5. The first-order valence-corrected chi connectivity index (χ1v) is 7.11. The number of hydrogen-bond donors (Lipinski definition) is 0. The molecule has 0 aromatic rings. The fourth-order valence-corrected chi connectivity index (χ4v) is 3.84. The van der Waals surface area contributed by atoms with Crippen LogP contribution in [0.5, 0.6) is 0 Å². The van der Waals surface area contributed by atoms with Crippen molar-refractivity contribution >= 4 is 0 Å². The number of allylic oxidation sites excluding steroid dienone is 4. The maximum atomic E-state index is 2.45. The highest BCUT2D eigenvalue weighted by molar-refractivity contribution is 5.41. The molecule has 96 valence electrons. The van der Waals surface area contributed by atoms with Gasteiger partial charge in [-0.15, -0.1) is 0 Å². The molecule has 0 amide bonds. The molecule has 0 fully saturated rings. The molecule has 0 spiro atoms. The Balaban J connectivity index is 2.59. The van der Waals surface area contributed by atoms with Gasteiger partial charge < -0.3 is 0 Å². The third kappa shape index (κ3) is 1.72. The molecule has 0 aliphatic heterocycles. The second-order valence-electron chi connectivity index (χ2n) is 7.45. The zero-order chi connectivity index (χ0) is 13.0. The Hall–Kier alpha value is -0.520. The molecule has 0 aromatic carbocycles. The van der Waals surface area contributed by atoms with Crippen molar-refractivity contribution in [3.8, 4) is 0 Å². The maximum Gasteiger partial charge on any atom is -0.00754 e. The molecule has 0 heteroatoms. The Bertz CT molecular complexity index is 379. The molecule has 0 N–H and O–H groups in total. The van der Waals surface area contributed by atoms with Crippen LogP contribution in [0.25, 0.3) is 0 Å². The summed E-state index contributed by atoms with van der Waals surface area (Å²) in [6, 6.07) is 0. The second kappa shape index (κ2) is 3.73. The highest BCUT2D eigenvalue weighted by Crippen LogP contribution is 2.57. The lowest BCUT2D eigenvalue weighted by Gasteiger charge is -2.53. The van der Waals surface area contributed by atoms with Crippen LogP contribution in [0.4, 0.5) is 0 Å². The monoisotopic (exact) mass is 232 g/mol. The van der Waals surface area contributed by atoms with Crippen LogP contribution in [0.3, 0.4) is 0 Å². The molecule has 0 bridgehead atoms. The van der Waals surface area contributed by atoms with Crippen LogP contribution in [0.2, 0.25) is 0 Å². The maximum absolute atomic E-state index is 2.45. The molecule has 3 atom stereocenters. The van der Waals surface area contributed by atoms with E-state index in [9.17, 15) is 0 Å². The van der Waals surface area contributed by atoms with Gasteiger partial charge in [-0.05, 0) is 40.6 Å². The van der Waals surface area contributed by atoms with Crippen molar-refractivity contribution in [2.45, 2.75) is 54.9 Å². The average Bonchev–Trinajstić information content (AvgIpc) is 2.25. The van der Waals surface area contributed by atoms with Crippen LogP contribution >= 0.6 is 0 Å². The van der Waals surface area contributed by atoms with Crippen LogP contribution in [0, 0.1) is 28.6 Å². The van der Waals surface area contributed by atoms with Crippen molar-refractivity contribution < 1.29 is 0 Å². The molecule has 0 aromatic heterocycles. The SMILES string of the molecule is CC1C=CC2=C(C1)C(C)(C)C(C)C(C)C2(C)C.